The van der Waals surface area contributed by atoms with Crippen molar-refractivity contribution in [3.05, 3.63) is 269 Å². The van der Waals surface area contributed by atoms with E-state index in [1.807, 2.05) is 6.07 Å². The van der Waals surface area contributed by atoms with E-state index in [2.05, 4.69) is 230 Å². The van der Waals surface area contributed by atoms with Crippen LogP contribution in [-0.4, -0.2) is 5.84 Å². The number of amidine groups is 1. The van der Waals surface area contributed by atoms with Gasteiger partial charge in [0.2, 0.25) is 0 Å². The predicted octanol–water partition coefficient (Wildman–Crippen LogP) is 14.3. The van der Waals surface area contributed by atoms with Crippen LogP contribution in [0.4, 0.5) is 0 Å². The third-order valence-electron chi connectivity index (χ3n) is 12.8. The Morgan fingerprint density at radius 1 is 0.371 bits per heavy atom. The molecular formula is C59H40N2O. The first-order valence-electron chi connectivity index (χ1n) is 21.3. The highest BCUT2D eigenvalue weighted by molar-refractivity contribution is 6.05. The molecule has 3 aliphatic rings. The van der Waals surface area contributed by atoms with E-state index in [0.29, 0.717) is 0 Å². The minimum atomic E-state index is -0.464. The lowest BCUT2D eigenvalue weighted by Gasteiger charge is -2.39. The van der Waals surface area contributed by atoms with Crippen molar-refractivity contribution in [3.63, 3.8) is 0 Å². The van der Waals surface area contributed by atoms with Gasteiger partial charge in [-0.15, -0.1) is 0 Å². The molecule has 0 radical (unpaired) electrons. The zero-order valence-corrected chi connectivity index (χ0v) is 33.9. The van der Waals surface area contributed by atoms with Gasteiger partial charge in [-0.05, 0) is 97.1 Å². The van der Waals surface area contributed by atoms with Crippen LogP contribution in [0.5, 0.6) is 11.5 Å². The van der Waals surface area contributed by atoms with Crippen LogP contribution in [0.15, 0.2) is 236 Å². The maximum Gasteiger partial charge on any atom is 0.133 e. The molecule has 0 bridgehead atoms. The number of aliphatic imine (C=N–C) groups is 1. The number of nitrogens with one attached hydrogen (secondary N) is 1. The summed E-state index contributed by atoms with van der Waals surface area (Å²) in [4.78, 5) is 5.22. The maximum absolute atomic E-state index is 6.53. The summed E-state index contributed by atoms with van der Waals surface area (Å²) in [6, 6.07) is 80.4. The number of rotatable bonds is 6. The highest BCUT2D eigenvalue weighted by Gasteiger charge is 2.50. The molecular weight excluding hydrogens is 753 g/mol. The molecule has 1 aliphatic carbocycles. The van der Waals surface area contributed by atoms with Gasteiger partial charge in [-0.3, -0.25) is 4.99 Å². The lowest BCUT2D eigenvalue weighted by molar-refractivity contribution is 0.436. The second-order valence-electron chi connectivity index (χ2n) is 16.3. The largest absolute Gasteiger partial charge is 0.457 e. The molecule has 0 aromatic heterocycles. The van der Waals surface area contributed by atoms with Crippen LogP contribution in [0, 0.1) is 0 Å². The average Bonchev–Trinajstić information content (AvgIpc) is 3.64. The molecule has 62 heavy (non-hydrogen) atoms. The van der Waals surface area contributed by atoms with Crippen LogP contribution >= 0.6 is 0 Å². The van der Waals surface area contributed by atoms with E-state index < -0.39 is 5.41 Å². The number of fused-ring (bicyclic) bond motifs is 9. The van der Waals surface area contributed by atoms with Crippen molar-refractivity contribution in [2.24, 2.45) is 4.99 Å². The highest BCUT2D eigenvalue weighted by Crippen LogP contribution is 2.62. The summed E-state index contributed by atoms with van der Waals surface area (Å²) in [6.45, 7) is 0. The van der Waals surface area contributed by atoms with Gasteiger partial charge < -0.3 is 10.1 Å². The van der Waals surface area contributed by atoms with Gasteiger partial charge in [0.05, 0.1) is 11.5 Å². The van der Waals surface area contributed by atoms with Crippen molar-refractivity contribution in [1.82, 2.24) is 5.32 Å². The van der Waals surface area contributed by atoms with Crippen molar-refractivity contribution in [2.45, 2.75) is 11.5 Å². The van der Waals surface area contributed by atoms with Crippen LogP contribution in [-0.2, 0) is 5.41 Å². The summed E-state index contributed by atoms with van der Waals surface area (Å²) in [7, 11) is 0. The Morgan fingerprint density at radius 3 is 1.55 bits per heavy atom. The van der Waals surface area contributed by atoms with E-state index in [1.54, 1.807) is 0 Å². The Balaban J connectivity index is 0.877. The number of hydrogen-bond donors (Lipinski definition) is 1. The molecule has 12 rings (SSSR count). The summed E-state index contributed by atoms with van der Waals surface area (Å²) < 4.78 is 6.53. The van der Waals surface area contributed by atoms with Gasteiger partial charge in [0.1, 0.15) is 17.3 Å². The number of nitrogens with zero attached hydrogens (tertiary/aromatic N) is 1. The smallest absolute Gasteiger partial charge is 0.133 e. The lowest BCUT2D eigenvalue weighted by atomic mass is 9.66. The number of para-hydroxylation sites is 2. The minimum absolute atomic E-state index is 0.140. The van der Waals surface area contributed by atoms with E-state index in [0.717, 1.165) is 50.8 Å². The van der Waals surface area contributed by atoms with Crippen LogP contribution in [0.2, 0.25) is 0 Å². The summed E-state index contributed by atoms with van der Waals surface area (Å²) in [5.41, 5.74) is 18.5. The number of hydrogen-bond acceptors (Lipinski definition) is 3. The fourth-order valence-corrected chi connectivity index (χ4v) is 9.88. The van der Waals surface area contributed by atoms with Crippen LogP contribution in [0.1, 0.15) is 45.0 Å². The number of ether oxygens (including phenoxy) is 1. The highest BCUT2D eigenvalue weighted by atomic mass is 16.5. The molecule has 1 spiro atoms. The fraction of sp³-hybridized carbons (Fsp3) is 0.0339. The Kier molecular flexibility index (Phi) is 8.46. The van der Waals surface area contributed by atoms with Crippen molar-refractivity contribution < 1.29 is 4.74 Å². The van der Waals surface area contributed by atoms with Crippen LogP contribution in [0.3, 0.4) is 0 Å². The van der Waals surface area contributed by atoms with Gasteiger partial charge in [0.25, 0.3) is 0 Å². The van der Waals surface area contributed by atoms with Crippen molar-refractivity contribution in [2.75, 3.05) is 0 Å². The van der Waals surface area contributed by atoms with Gasteiger partial charge in [-0.2, -0.15) is 0 Å². The standard InChI is InChI=1S/C59H40N2O/c1-3-14-39(15-4-1)40-30-32-43(33-31-40)54-38-55(61-58(60-54)44-16-5-2-6-17-44)47-19-13-18-45(36-47)41-26-28-42(29-27-41)46-34-35-51-49(37-46)48-20-7-8-21-50(48)59(51)52-22-9-11-24-56(52)62-57-25-12-10-23-53(57)59/h1-38,54H,(H,60,61). The predicted molar refractivity (Wildman–Crippen MR) is 253 cm³/mol. The lowest BCUT2D eigenvalue weighted by Crippen LogP contribution is -2.32. The molecule has 1 atom stereocenters. The first kappa shape index (κ1) is 35.9. The molecule has 0 saturated carbocycles. The maximum atomic E-state index is 6.53. The second-order valence-corrected chi connectivity index (χ2v) is 16.3. The molecule has 0 amide bonds. The van der Waals surface area contributed by atoms with Crippen molar-refractivity contribution in [3.8, 4) is 56.0 Å². The fourth-order valence-electron chi connectivity index (χ4n) is 9.88. The Labute approximate surface area is 362 Å². The Bertz CT molecular complexity index is 3170. The Hall–Kier alpha value is -8.01. The topological polar surface area (TPSA) is 33.6 Å². The molecule has 0 saturated heterocycles. The van der Waals surface area contributed by atoms with Crippen molar-refractivity contribution in [1.29, 1.82) is 0 Å². The summed E-state index contributed by atoms with van der Waals surface area (Å²) in [5, 5.41) is 3.70. The monoisotopic (exact) mass is 792 g/mol. The SMILES string of the molecule is C1=C(c2cccc(-c3ccc(-c4ccc5c(c4)-c4ccccc4C54c5ccccc5Oc5ccccc54)cc3)c2)NC(c2ccccc2)=NC1c1ccc(-c2ccccc2)cc1. The Morgan fingerprint density at radius 2 is 0.855 bits per heavy atom. The van der Waals surface area contributed by atoms with Gasteiger partial charge >= 0.3 is 0 Å². The van der Waals surface area contributed by atoms with Gasteiger partial charge in [-0.25, -0.2) is 0 Å². The van der Waals surface area contributed by atoms with E-state index in [1.165, 1.54) is 55.6 Å². The molecule has 9 aromatic rings. The van der Waals surface area contributed by atoms with E-state index in [9.17, 15) is 0 Å². The molecule has 0 fully saturated rings. The summed E-state index contributed by atoms with van der Waals surface area (Å²) in [5.74, 6) is 2.68. The third-order valence-corrected chi connectivity index (χ3v) is 12.8. The molecule has 2 aliphatic heterocycles. The third kappa shape index (κ3) is 5.85. The molecule has 3 heteroatoms. The zero-order chi connectivity index (χ0) is 41.0. The minimum Gasteiger partial charge on any atom is -0.457 e. The molecule has 292 valence electrons. The summed E-state index contributed by atoms with van der Waals surface area (Å²) in [6.07, 6.45) is 2.25. The first-order chi connectivity index (χ1) is 30.7. The molecule has 1 N–H and O–H groups in total. The normalized spacial score (nSPS) is 15.2. The second kappa shape index (κ2) is 14.6. The molecule has 3 nitrogen and oxygen atoms in total. The van der Waals surface area contributed by atoms with Gasteiger partial charge in [0, 0.05) is 22.4 Å². The van der Waals surface area contributed by atoms with Gasteiger partial charge in [-0.1, -0.05) is 200 Å². The van der Waals surface area contributed by atoms with E-state index in [-0.39, 0.29) is 6.04 Å². The first-order valence-corrected chi connectivity index (χ1v) is 21.3. The molecule has 1 unspecified atom stereocenters. The van der Waals surface area contributed by atoms with Crippen LogP contribution in [0.25, 0.3) is 50.2 Å². The quantitative estimate of drug-likeness (QED) is 0.182. The van der Waals surface area contributed by atoms with Gasteiger partial charge in [0.15, 0.2) is 0 Å². The summed E-state index contributed by atoms with van der Waals surface area (Å²) >= 11 is 0. The van der Waals surface area contributed by atoms with Crippen LogP contribution < -0.4 is 10.1 Å². The average molecular weight is 793 g/mol. The molecule has 9 aromatic carbocycles. The zero-order valence-electron chi connectivity index (χ0n) is 33.9. The van der Waals surface area contributed by atoms with E-state index in [4.69, 9.17) is 9.73 Å². The van der Waals surface area contributed by atoms with E-state index >= 15 is 0 Å². The van der Waals surface area contributed by atoms with Crippen molar-refractivity contribution >= 4 is 11.5 Å². The number of benzene rings is 9. The molecule has 2 heterocycles.